The molecule has 196 valence electrons. The minimum absolute atomic E-state index is 0.00459. The van der Waals surface area contributed by atoms with Crippen LogP contribution in [0, 0.1) is 23.2 Å². The van der Waals surface area contributed by atoms with E-state index in [1.54, 1.807) is 18.0 Å². The number of aliphatic imine (C=N–C) groups is 1. The molecule has 3 aromatic rings. The average Bonchev–Trinajstić information content (AvgIpc) is 3.21. The topological polar surface area (TPSA) is 108 Å². The van der Waals surface area contributed by atoms with E-state index in [0.717, 1.165) is 0 Å². The molecule has 37 heavy (non-hydrogen) atoms. The Morgan fingerprint density at radius 2 is 1.73 bits per heavy atom. The van der Waals surface area contributed by atoms with Gasteiger partial charge in [-0.2, -0.15) is 41.2 Å². The number of guanidine groups is 1. The number of rotatable bonds is 5. The van der Waals surface area contributed by atoms with Gasteiger partial charge in [-0.25, -0.2) is 9.37 Å². The van der Waals surface area contributed by atoms with Crippen molar-refractivity contribution in [3.63, 3.8) is 0 Å². The molecule has 15 heteroatoms. The number of hydrogen-bond acceptors (Lipinski definition) is 5. The standard InChI is InChI=1S/C22H19F7N8/c1-20(12-2-4-14(23)5-3-12,13-8-36(9-13)19(31)33-11-30)10-32-17-6-15(21(24,25)26)34-18-7-16(22(27,28)29)35-37(17)18/h2-7,13,32H,8-10H2,1H3,(H2,31,33)/t20-/m0/s1. The maximum Gasteiger partial charge on any atom is 0.435 e. The lowest BCUT2D eigenvalue weighted by Crippen LogP contribution is -2.60. The van der Waals surface area contributed by atoms with E-state index in [1.165, 1.54) is 24.3 Å². The molecule has 1 saturated heterocycles. The average molecular weight is 528 g/mol. The summed E-state index contributed by atoms with van der Waals surface area (Å²) in [5.74, 6) is -1.06. The van der Waals surface area contributed by atoms with Gasteiger partial charge in [0.1, 0.15) is 11.6 Å². The number of nitrogens with two attached hydrogens (primary N) is 1. The molecular weight excluding hydrogens is 509 g/mol. The molecule has 1 aliphatic heterocycles. The summed E-state index contributed by atoms with van der Waals surface area (Å²) in [7, 11) is 0. The molecule has 0 spiro atoms. The van der Waals surface area contributed by atoms with Gasteiger partial charge in [0.2, 0.25) is 12.2 Å². The maximum absolute atomic E-state index is 13.6. The van der Waals surface area contributed by atoms with Crippen molar-refractivity contribution < 1.29 is 30.7 Å². The van der Waals surface area contributed by atoms with Crippen molar-refractivity contribution in [1.82, 2.24) is 19.5 Å². The lowest BCUT2D eigenvalue weighted by atomic mass is 9.68. The molecule has 3 N–H and O–H groups in total. The Morgan fingerprint density at radius 1 is 1.11 bits per heavy atom. The Labute approximate surface area is 205 Å². The number of halogens is 7. The molecule has 0 aliphatic carbocycles. The van der Waals surface area contributed by atoms with Crippen LogP contribution in [0.15, 0.2) is 41.4 Å². The van der Waals surface area contributed by atoms with Crippen molar-refractivity contribution >= 4 is 17.4 Å². The number of likely N-dealkylation sites (tertiary alicyclic amines) is 1. The van der Waals surface area contributed by atoms with Crippen LogP contribution in [0.2, 0.25) is 0 Å². The Kier molecular flexibility index (Phi) is 6.39. The van der Waals surface area contributed by atoms with Crippen LogP contribution in [0.3, 0.4) is 0 Å². The number of aromatic nitrogens is 3. The van der Waals surface area contributed by atoms with Gasteiger partial charge in [0.15, 0.2) is 17.0 Å². The smallest absolute Gasteiger partial charge is 0.369 e. The van der Waals surface area contributed by atoms with E-state index in [-0.39, 0.29) is 24.2 Å². The lowest BCUT2D eigenvalue weighted by Gasteiger charge is -2.49. The van der Waals surface area contributed by atoms with E-state index in [0.29, 0.717) is 35.3 Å². The molecule has 1 atom stereocenters. The Hall–Kier alpha value is -4.09. The van der Waals surface area contributed by atoms with Crippen LogP contribution < -0.4 is 11.1 Å². The molecule has 0 bridgehead atoms. The van der Waals surface area contributed by atoms with Crippen LogP contribution in [0.1, 0.15) is 23.9 Å². The fourth-order valence-electron chi connectivity index (χ4n) is 4.16. The van der Waals surface area contributed by atoms with Gasteiger partial charge in [-0.05, 0) is 17.7 Å². The van der Waals surface area contributed by atoms with E-state index in [1.807, 2.05) is 0 Å². The summed E-state index contributed by atoms with van der Waals surface area (Å²) in [5, 5.41) is 14.9. The first-order valence-corrected chi connectivity index (χ1v) is 10.7. The number of nitriles is 1. The van der Waals surface area contributed by atoms with Crippen LogP contribution in [0.4, 0.5) is 36.6 Å². The zero-order valence-corrected chi connectivity index (χ0v) is 19.1. The molecule has 4 rings (SSSR count). The third-order valence-electron chi connectivity index (χ3n) is 6.42. The number of nitrogens with one attached hydrogen (secondary N) is 1. The number of hydrogen-bond donors (Lipinski definition) is 2. The van der Waals surface area contributed by atoms with Gasteiger partial charge in [-0.1, -0.05) is 19.1 Å². The summed E-state index contributed by atoms with van der Waals surface area (Å²) in [5.41, 5.74) is 2.09. The van der Waals surface area contributed by atoms with Gasteiger partial charge >= 0.3 is 12.4 Å². The van der Waals surface area contributed by atoms with Gasteiger partial charge in [-0.3, -0.25) is 0 Å². The fourth-order valence-corrected chi connectivity index (χ4v) is 4.16. The van der Waals surface area contributed by atoms with Crippen molar-refractivity contribution in [3.8, 4) is 6.19 Å². The minimum Gasteiger partial charge on any atom is -0.369 e. The van der Waals surface area contributed by atoms with Crippen LogP contribution in [0.25, 0.3) is 5.65 Å². The van der Waals surface area contributed by atoms with E-state index >= 15 is 0 Å². The van der Waals surface area contributed by atoms with Crippen molar-refractivity contribution in [3.05, 3.63) is 59.2 Å². The Morgan fingerprint density at radius 3 is 2.30 bits per heavy atom. The summed E-state index contributed by atoms with van der Waals surface area (Å²) < 4.78 is 94.3. The second kappa shape index (κ2) is 9.09. The van der Waals surface area contributed by atoms with Crippen LogP contribution in [-0.2, 0) is 17.8 Å². The van der Waals surface area contributed by atoms with E-state index in [2.05, 4.69) is 20.4 Å². The Bertz CT molecular complexity index is 1370. The molecule has 1 fully saturated rings. The maximum atomic E-state index is 13.6. The van der Waals surface area contributed by atoms with Crippen molar-refractivity contribution in [2.75, 3.05) is 25.0 Å². The molecule has 2 aromatic heterocycles. The SMILES string of the molecule is C[C@](CNc1cc(C(F)(F)F)nc2cc(C(F)(F)F)nn12)(c1ccc(F)cc1)C1CN(C(N)=NC#N)C1. The highest BCUT2D eigenvalue weighted by atomic mass is 19.4. The first-order chi connectivity index (χ1) is 17.2. The molecule has 0 radical (unpaired) electrons. The molecule has 1 aromatic carbocycles. The predicted molar refractivity (Wildman–Crippen MR) is 118 cm³/mol. The summed E-state index contributed by atoms with van der Waals surface area (Å²) in [4.78, 5) is 8.39. The highest BCUT2D eigenvalue weighted by Gasteiger charge is 2.44. The second-order valence-electron chi connectivity index (χ2n) is 8.77. The van der Waals surface area contributed by atoms with Gasteiger partial charge in [0.25, 0.3) is 0 Å². The number of anilines is 1. The first-order valence-electron chi connectivity index (χ1n) is 10.7. The normalized spacial score (nSPS) is 16.8. The summed E-state index contributed by atoms with van der Waals surface area (Å²) in [6.07, 6.45) is -8.24. The summed E-state index contributed by atoms with van der Waals surface area (Å²) in [6, 6.07) is 6.50. The van der Waals surface area contributed by atoms with Gasteiger partial charge in [-0.15, -0.1) is 4.99 Å². The summed E-state index contributed by atoms with van der Waals surface area (Å²) >= 11 is 0. The van der Waals surface area contributed by atoms with Gasteiger partial charge in [0.05, 0.1) is 0 Å². The fraction of sp³-hybridized carbons (Fsp3) is 0.364. The molecule has 0 unspecified atom stereocenters. The number of benzene rings is 1. The van der Waals surface area contributed by atoms with Gasteiger partial charge < -0.3 is 16.0 Å². The predicted octanol–water partition coefficient (Wildman–Crippen LogP) is 4.00. The molecule has 3 heterocycles. The van der Waals surface area contributed by atoms with Gasteiger partial charge in [0, 0.05) is 43.1 Å². The molecule has 1 aliphatic rings. The highest BCUT2D eigenvalue weighted by molar-refractivity contribution is 5.79. The largest absolute Gasteiger partial charge is 0.435 e. The lowest BCUT2D eigenvalue weighted by molar-refractivity contribution is -0.142. The van der Waals surface area contributed by atoms with E-state index < -0.39 is 40.6 Å². The molecule has 0 saturated carbocycles. The zero-order chi connectivity index (χ0) is 27.2. The van der Waals surface area contributed by atoms with E-state index in [9.17, 15) is 30.7 Å². The minimum atomic E-state index is -4.92. The third-order valence-corrected chi connectivity index (χ3v) is 6.42. The zero-order valence-electron chi connectivity index (χ0n) is 19.1. The van der Waals surface area contributed by atoms with Crippen LogP contribution in [0.5, 0.6) is 0 Å². The van der Waals surface area contributed by atoms with Crippen molar-refractivity contribution in [2.45, 2.75) is 24.7 Å². The molecule has 0 amide bonds. The quantitative estimate of drug-likeness (QED) is 0.224. The molecular formula is C22H19F7N8. The second-order valence-corrected chi connectivity index (χ2v) is 8.77. The summed E-state index contributed by atoms with van der Waals surface area (Å²) in [6.45, 7) is 2.36. The molecule has 8 nitrogen and oxygen atoms in total. The first kappa shape index (κ1) is 26.0. The number of alkyl halides is 6. The monoisotopic (exact) mass is 528 g/mol. The van der Waals surface area contributed by atoms with Crippen molar-refractivity contribution in [2.24, 2.45) is 16.6 Å². The Balaban J connectivity index is 1.71. The third kappa shape index (κ3) is 5.09. The van der Waals surface area contributed by atoms with Crippen LogP contribution in [-0.4, -0.2) is 45.1 Å². The van der Waals surface area contributed by atoms with E-state index in [4.69, 9.17) is 11.0 Å². The van der Waals surface area contributed by atoms with Crippen molar-refractivity contribution in [1.29, 1.82) is 5.26 Å². The van der Waals surface area contributed by atoms with Crippen LogP contribution >= 0.6 is 0 Å². The highest BCUT2D eigenvalue weighted by Crippen LogP contribution is 2.39. The number of fused-ring (bicyclic) bond motifs is 1. The number of nitrogens with zero attached hydrogens (tertiary/aromatic N) is 6.